The first-order valence-electron chi connectivity index (χ1n) is 9.50. The van der Waals surface area contributed by atoms with Crippen LogP contribution in [0.3, 0.4) is 0 Å². The zero-order valence-electron chi connectivity index (χ0n) is 17.0. The van der Waals surface area contributed by atoms with Gasteiger partial charge >= 0.3 is 11.9 Å². The fourth-order valence-electron chi connectivity index (χ4n) is 5.20. The summed E-state index contributed by atoms with van der Waals surface area (Å²) in [5.41, 5.74) is 1.88. The van der Waals surface area contributed by atoms with Gasteiger partial charge in [0.15, 0.2) is 5.78 Å². The van der Waals surface area contributed by atoms with E-state index >= 15 is 0 Å². The van der Waals surface area contributed by atoms with Gasteiger partial charge in [-0.25, -0.2) is 0 Å². The molecule has 0 aromatic heterocycles. The molecule has 5 nitrogen and oxygen atoms in total. The lowest BCUT2D eigenvalue weighted by molar-refractivity contribution is -0.163. The Morgan fingerprint density at radius 1 is 1.11 bits per heavy atom. The number of carbonyl (C=O) groups is 3. The molecular weight excluding hydrogens is 344 g/mol. The van der Waals surface area contributed by atoms with Crippen molar-refractivity contribution >= 4 is 17.7 Å². The summed E-state index contributed by atoms with van der Waals surface area (Å²) in [7, 11) is 0. The van der Waals surface area contributed by atoms with Gasteiger partial charge < -0.3 is 9.47 Å². The largest absolute Gasteiger partial charge is 0.462 e. The second-order valence-electron chi connectivity index (χ2n) is 8.81. The number of rotatable bonds is 2. The molecular formula is C22H28O5. The average molecular weight is 372 g/mol. The van der Waals surface area contributed by atoms with Gasteiger partial charge in [-0.2, -0.15) is 0 Å². The highest BCUT2D eigenvalue weighted by atomic mass is 16.5. The summed E-state index contributed by atoms with van der Waals surface area (Å²) >= 11 is 0. The van der Waals surface area contributed by atoms with E-state index in [2.05, 4.69) is 20.8 Å². The molecule has 2 aliphatic rings. The van der Waals surface area contributed by atoms with Gasteiger partial charge in [-0.15, -0.1) is 0 Å². The quantitative estimate of drug-likeness (QED) is 0.577. The zero-order chi connectivity index (χ0) is 20.1. The first-order valence-corrected chi connectivity index (χ1v) is 9.50. The van der Waals surface area contributed by atoms with E-state index in [-0.39, 0.29) is 40.6 Å². The lowest BCUT2D eigenvalue weighted by Gasteiger charge is -2.56. The maximum atomic E-state index is 13.0. The highest BCUT2D eigenvalue weighted by Gasteiger charge is 2.56. The normalized spacial score (nSPS) is 28.7. The van der Waals surface area contributed by atoms with Crippen LogP contribution >= 0.6 is 0 Å². The van der Waals surface area contributed by atoms with Gasteiger partial charge in [-0.1, -0.05) is 20.8 Å². The Morgan fingerprint density at radius 2 is 1.78 bits per heavy atom. The van der Waals surface area contributed by atoms with Crippen molar-refractivity contribution in [2.75, 3.05) is 0 Å². The Kier molecular flexibility index (Phi) is 4.69. The van der Waals surface area contributed by atoms with Crippen LogP contribution in [-0.2, 0) is 19.7 Å². The van der Waals surface area contributed by atoms with Crippen molar-refractivity contribution in [2.24, 2.45) is 11.3 Å². The van der Waals surface area contributed by atoms with Gasteiger partial charge in [-0.05, 0) is 54.4 Å². The molecule has 3 atom stereocenters. The maximum Gasteiger partial charge on any atom is 0.308 e. The number of carbonyl (C=O) groups excluding carboxylic acids is 3. The van der Waals surface area contributed by atoms with Crippen LogP contribution in [0.1, 0.15) is 75.4 Å². The molecule has 0 bridgehead atoms. The number of aryl methyl sites for hydroxylation is 1. The van der Waals surface area contributed by atoms with Crippen LogP contribution in [0.2, 0.25) is 0 Å². The first-order chi connectivity index (χ1) is 12.5. The molecule has 1 unspecified atom stereocenters. The minimum absolute atomic E-state index is 0.0379. The number of Topliss-reactive ketones (excluding diaryl/α,β-unsaturated/α-hetero) is 1. The zero-order valence-corrected chi connectivity index (χ0v) is 17.0. The molecule has 146 valence electrons. The fraction of sp³-hybridized carbons (Fsp3) is 0.591. The second-order valence-corrected chi connectivity index (χ2v) is 8.81. The van der Waals surface area contributed by atoms with Gasteiger partial charge in [-0.3, -0.25) is 14.4 Å². The van der Waals surface area contributed by atoms with Crippen molar-refractivity contribution in [3.63, 3.8) is 0 Å². The van der Waals surface area contributed by atoms with Crippen molar-refractivity contribution in [1.29, 1.82) is 0 Å². The van der Waals surface area contributed by atoms with E-state index < -0.39 is 0 Å². The van der Waals surface area contributed by atoms with Crippen LogP contribution in [0.5, 0.6) is 5.75 Å². The molecule has 0 spiro atoms. The van der Waals surface area contributed by atoms with E-state index in [1.165, 1.54) is 13.8 Å². The summed E-state index contributed by atoms with van der Waals surface area (Å²) < 4.78 is 11.0. The molecule has 1 aromatic carbocycles. The minimum Gasteiger partial charge on any atom is -0.462 e. The Labute approximate surface area is 160 Å². The third-order valence-corrected chi connectivity index (χ3v) is 6.61. The molecule has 0 saturated heterocycles. The summed E-state index contributed by atoms with van der Waals surface area (Å²) in [4.78, 5) is 36.0. The number of esters is 2. The van der Waals surface area contributed by atoms with Gasteiger partial charge in [0.1, 0.15) is 11.9 Å². The standard InChI is InChI=1S/C22H28O5/c1-12-9-15-16(10-18(12)26-13(2)23)22(6)8-7-20(27-14(3)24)21(4,5)19(22)11-17(15)25/h9-10,19-20H,7-8,11H2,1-6H3/t19?,20-,22-/m1/s1. The molecule has 3 rings (SSSR count). The monoisotopic (exact) mass is 372 g/mol. The van der Waals surface area contributed by atoms with Crippen LogP contribution in [0.25, 0.3) is 0 Å². The highest BCUT2D eigenvalue weighted by molar-refractivity contribution is 6.00. The van der Waals surface area contributed by atoms with E-state index in [0.29, 0.717) is 12.2 Å². The average Bonchev–Trinajstić information content (AvgIpc) is 2.54. The van der Waals surface area contributed by atoms with Crippen molar-refractivity contribution in [3.8, 4) is 5.75 Å². The molecule has 0 N–H and O–H groups in total. The predicted octanol–water partition coefficient (Wildman–Crippen LogP) is 4.13. The smallest absolute Gasteiger partial charge is 0.308 e. The summed E-state index contributed by atoms with van der Waals surface area (Å²) in [6.07, 6.45) is 1.77. The molecule has 0 amide bonds. The number of ether oxygens (including phenoxy) is 2. The molecule has 1 fully saturated rings. The van der Waals surface area contributed by atoms with Crippen LogP contribution in [0.4, 0.5) is 0 Å². The Morgan fingerprint density at radius 3 is 2.37 bits per heavy atom. The Balaban J connectivity index is 2.10. The lowest BCUT2D eigenvalue weighted by atomic mass is 9.49. The van der Waals surface area contributed by atoms with Gasteiger partial charge in [0, 0.05) is 31.2 Å². The molecule has 0 heterocycles. The van der Waals surface area contributed by atoms with E-state index in [0.717, 1.165) is 29.5 Å². The van der Waals surface area contributed by atoms with Crippen LogP contribution in [0.15, 0.2) is 12.1 Å². The summed E-state index contributed by atoms with van der Waals surface area (Å²) in [6, 6.07) is 3.72. The predicted molar refractivity (Wildman–Crippen MR) is 101 cm³/mol. The number of benzene rings is 1. The summed E-state index contributed by atoms with van der Waals surface area (Å²) in [5.74, 6) is -0.0129. The molecule has 1 aromatic rings. The minimum atomic E-state index is -0.374. The van der Waals surface area contributed by atoms with Crippen LogP contribution < -0.4 is 4.74 Å². The molecule has 1 saturated carbocycles. The van der Waals surface area contributed by atoms with Crippen molar-refractivity contribution in [1.82, 2.24) is 0 Å². The summed E-state index contributed by atoms with van der Waals surface area (Å²) in [6.45, 7) is 11.0. The van der Waals surface area contributed by atoms with Crippen molar-refractivity contribution in [3.05, 3.63) is 28.8 Å². The van der Waals surface area contributed by atoms with Crippen LogP contribution in [0, 0.1) is 18.3 Å². The van der Waals surface area contributed by atoms with Crippen LogP contribution in [-0.4, -0.2) is 23.8 Å². The van der Waals surface area contributed by atoms with Gasteiger partial charge in [0.25, 0.3) is 0 Å². The van der Waals surface area contributed by atoms with Crippen molar-refractivity contribution in [2.45, 2.75) is 72.3 Å². The lowest BCUT2D eigenvalue weighted by Crippen LogP contribution is -2.55. The fourth-order valence-corrected chi connectivity index (χ4v) is 5.20. The molecule has 0 radical (unpaired) electrons. The summed E-state index contributed by atoms with van der Waals surface area (Å²) in [5, 5.41) is 0. The van der Waals surface area contributed by atoms with Gasteiger partial charge in [0.2, 0.25) is 0 Å². The topological polar surface area (TPSA) is 69.7 Å². The third-order valence-electron chi connectivity index (χ3n) is 6.61. The van der Waals surface area contributed by atoms with Gasteiger partial charge in [0.05, 0.1) is 0 Å². The van der Waals surface area contributed by atoms with E-state index in [1.807, 2.05) is 19.1 Å². The molecule has 27 heavy (non-hydrogen) atoms. The van der Waals surface area contributed by atoms with E-state index in [4.69, 9.17) is 9.47 Å². The van der Waals surface area contributed by atoms with E-state index in [9.17, 15) is 14.4 Å². The SMILES string of the molecule is CC(=O)Oc1cc2c(cc1C)C(=O)CC1C(C)(C)[C@H](OC(C)=O)CC[C@]21C. The molecule has 2 aliphatic carbocycles. The Hall–Kier alpha value is -2.17. The maximum absolute atomic E-state index is 13.0. The second kappa shape index (κ2) is 6.47. The number of hydrogen-bond acceptors (Lipinski definition) is 5. The highest BCUT2D eigenvalue weighted by Crippen LogP contribution is 2.58. The third kappa shape index (κ3) is 3.17. The van der Waals surface area contributed by atoms with E-state index in [1.54, 1.807) is 0 Å². The number of ketones is 1. The number of hydrogen-bond donors (Lipinski definition) is 0. The van der Waals surface area contributed by atoms with Crippen molar-refractivity contribution < 1.29 is 23.9 Å². The Bertz CT molecular complexity index is 822. The molecule has 5 heteroatoms. The molecule has 0 aliphatic heterocycles. The number of fused-ring (bicyclic) bond motifs is 3. The first kappa shape index (κ1) is 19.6.